The zero-order chi connectivity index (χ0) is 12.4. The maximum atomic E-state index is 3.39. The Bertz CT molecular complexity index is 367. The van der Waals surface area contributed by atoms with Crippen LogP contribution in [0.4, 0.5) is 5.69 Å². The third-order valence-electron chi connectivity index (χ3n) is 3.85. The first-order chi connectivity index (χ1) is 8.11. The van der Waals surface area contributed by atoms with Gasteiger partial charge in [0.15, 0.2) is 0 Å². The molecular formula is C15H24N2. The highest BCUT2D eigenvalue weighted by atomic mass is 15.1. The lowest BCUT2D eigenvalue weighted by Crippen LogP contribution is -2.41. The monoisotopic (exact) mass is 232 g/mol. The van der Waals surface area contributed by atoms with Gasteiger partial charge in [0, 0.05) is 24.8 Å². The number of nitrogens with zero attached hydrogens (tertiary/aromatic N) is 1. The standard InChI is InChI=1S/C15H24N2/c1-11-9-12(2)15(13(3)10-11)17-7-5-14(16-4)6-8-17/h9-10,14,16H,5-8H2,1-4H3. The molecule has 1 N–H and O–H groups in total. The van der Waals surface area contributed by atoms with Crippen molar-refractivity contribution in [2.75, 3.05) is 25.0 Å². The summed E-state index contributed by atoms with van der Waals surface area (Å²) in [6.07, 6.45) is 2.51. The van der Waals surface area contributed by atoms with Crippen molar-refractivity contribution in [1.82, 2.24) is 5.32 Å². The Kier molecular flexibility index (Phi) is 3.72. The van der Waals surface area contributed by atoms with Crippen molar-refractivity contribution >= 4 is 5.69 Å². The van der Waals surface area contributed by atoms with Crippen molar-refractivity contribution in [3.8, 4) is 0 Å². The third kappa shape index (κ3) is 2.63. The van der Waals surface area contributed by atoms with E-state index in [2.05, 4.69) is 50.2 Å². The van der Waals surface area contributed by atoms with E-state index in [4.69, 9.17) is 0 Å². The van der Waals surface area contributed by atoms with E-state index in [1.807, 2.05) is 0 Å². The summed E-state index contributed by atoms with van der Waals surface area (Å²) < 4.78 is 0. The normalized spacial score (nSPS) is 17.5. The van der Waals surface area contributed by atoms with Crippen LogP contribution in [0.25, 0.3) is 0 Å². The molecule has 1 saturated heterocycles. The predicted molar refractivity (Wildman–Crippen MR) is 74.9 cm³/mol. The minimum absolute atomic E-state index is 0.706. The van der Waals surface area contributed by atoms with Gasteiger partial charge in [0.25, 0.3) is 0 Å². The molecule has 2 rings (SSSR count). The number of anilines is 1. The quantitative estimate of drug-likeness (QED) is 0.843. The maximum Gasteiger partial charge on any atom is 0.0425 e. The van der Waals surface area contributed by atoms with E-state index in [1.54, 1.807) is 0 Å². The van der Waals surface area contributed by atoms with E-state index in [0.717, 1.165) is 0 Å². The van der Waals surface area contributed by atoms with Crippen LogP contribution in [0.2, 0.25) is 0 Å². The first-order valence-corrected chi connectivity index (χ1v) is 6.62. The Labute approximate surface area is 105 Å². The largest absolute Gasteiger partial charge is 0.371 e. The molecule has 0 radical (unpaired) electrons. The third-order valence-corrected chi connectivity index (χ3v) is 3.85. The van der Waals surface area contributed by atoms with Gasteiger partial charge in [-0.25, -0.2) is 0 Å². The molecule has 0 aliphatic carbocycles. The van der Waals surface area contributed by atoms with Gasteiger partial charge >= 0.3 is 0 Å². The van der Waals surface area contributed by atoms with Gasteiger partial charge in [-0.1, -0.05) is 17.7 Å². The van der Waals surface area contributed by atoms with Gasteiger partial charge in [-0.3, -0.25) is 0 Å². The van der Waals surface area contributed by atoms with Crippen molar-refractivity contribution in [3.05, 3.63) is 28.8 Å². The molecule has 0 saturated carbocycles. The van der Waals surface area contributed by atoms with Gasteiger partial charge in [0.1, 0.15) is 0 Å². The summed E-state index contributed by atoms with van der Waals surface area (Å²) in [5.41, 5.74) is 5.68. The molecule has 1 aliphatic heterocycles. The molecule has 2 nitrogen and oxygen atoms in total. The summed E-state index contributed by atoms with van der Waals surface area (Å²) >= 11 is 0. The number of rotatable bonds is 2. The van der Waals surface area contributed by atoms with Gasteiger partial charge in [0.05, 0.1) is 0 Å². The molecule has 17 heavy (non-hydrogen) atoms. The first-order valence-electron chi connectivity index (χ1n) is 6.62. The Morgan fingerprint density at radius 1 is 1.06 bits per heavy atom. The average Bonchev–Trinajstić information content (AvgIpc) is 2.28. The van der Waals surface area contributed by atoms with Crippen LogP contribution in [0.1, 0.15) is 29.5 Å². The predicted octanol–water partition coefficient (Wildman–Crippen LogP) is 2.80. The topological polar surface area (TPSA) is 15.3 Å². The van der Waals surface area contributed by atoms with E-state index < -0.39 is 0 Å². The second-order valence-corrected chi connectivity index (χ2v) is 5.30. The van der Waals surface area contributed by atoms with Crippen LogP contribution in [0.5, 0.6) is 0 Å². The summed E-state index contributed by atoms with van der Waals surface area (Å²) in [5, 5.41) is 3.39. The van der Waals surface area contributed by atoms with Crippen molar-refractivity contribution in [1.29, 1.82) is 0 Å². The van der Waals surface area contributed by atoms with Crippen LogP contribution < -0.4 is 10.2 Å². The van der Waals surface area contributed by atoms with Crippen LogP contribution in [-0.2, 0) is 0 Å². The van der Waals surface area contributed by atoms with Gasteiger partial charge < -0.3 is 10.2 Å². The van der Waals surface area contributed by atoms with Gasteiger partial charge in [-0.2, -0.15) is 0 Å². The number of hydrogen-bond acceptors (Lipinski definition) is 2. The van der Waals surface area contributed by atoms with E-state index >= 15 is 0 Å². The smallest absolute Gasteiger partial charge is 0.0425 e. The van der Waals surface area contributed by atoms with E-state index in [-0.39, 0.29) is 0 Å². The Morgan fingerprint density at radius 2 is 1.59 bits per heavy atom. The summed E-state index contributed by atoms with van der Waals surface area (Å²) in [7, 11) is 2.07. The molecule has 94 valence electrons. The van der Waals surface area contributed by atoms with Crippen molar-refractivity contribution in [3.63, 3.8) is 0 Å². The fourth-order valence-electron chi connectivity index (χ4n) is 3.06. The maximum absolute atomic E-state index is 3.39. The minimum atomic E-state index is 0.706. The van der Waals surface area contributed by atoms with E-state index in [9.17, 15) is 0 Å². The second-order valence-electron chi connectivity index (χ2n) is 5.30. The SMILES string of the molecule is CNC1CCN(c2c(C)cc(C)cc2C)CC1. The van der Waals surface area contributed by atoms with Gasteiger partial charge in [-0.05, 0) is 51.8 Å². The molecule has 1 aromatic carbocycles. The Hall–Kier alpha value is -1.02. The molecule has 0 atom stereocenters. The lowest BCUT2D eigenvalue weighted by Gasteiger charge is -2.35. The number of hydrogen-bond donors (Lipinski definition) is 1. The molecule has 0 aromatic heterocycles. The lowest BCUT2D eigenvalue weighted by molar-refractivity contribution is 0.442. The fraction of sp³-hybridized carbons (Fsp3) is 0.600. The summed E-state index contributed by atoms with van der Waals surface area (Å²) in [6, 6.07) is 5.30. The first kappa shape index (κ1) is 12.4. The average molecular weight is 232 g/mol. The molecule has 2 heteroatoms. The zero-order valence-electron chi connectivity index (χ0n) is 11.5. The van der Waals surface area contributed by atoms with Gasteiger partial charge in [0.2, 0.25) is 0 Å². The lowest BCUT2D eigenvalue weighted by atomic mass is 10.00. The number of aryl methyl sites for hydroxylation is 3. The summed E-state index contributed by atoms with van der Waals surface area (Å²) in [4.78, 5) is 2.55. The van der Waals surface area contributed by atoms with E-state index in [1.165, 1.54) is 48.3 Å². The molecule has 1 fully saturated rings. The molecule has 0 unspecified atom stereocenters. The molecule has 0 bridgehead atoms. The summed E-state index contributed by atoms with van der Waals surface area (Å²) in [5.74, 6) is 0. The number of piperidine rings is 1. The van der Waals surface area contributed by atoms with Crippen LogP contribution in [0, 0.1) is 20.8 Å². The minimum Gasteiger partial charge on any atom is -0.371 e. The highest BCUT2D eigenvalue weighted by molar-refractivity contribution is 5.60. The van der Waals surface area contributed by atoms with Gasteiger partial charge in [-0.15, -0.1) is 0 Å². The Morgan fingerprint density at radius 3 is 2.06 bits per heavy atom. The van der Waals surface area contributed by atoms with Crippen LogP contribution in [0.15, 0.2) is 12.1 Å². The molecule has 0 amide bonds. The van der Waals surface area contributed by atoms with Crippen molar-refractivity contribution < 1.29 is 0 Å². The van der Waals surface area contributed by atoms with Crippen molar-refractivity contribution in [2.45, 2.75) is 39.7 Å². The van der Waals surface area contributed by atoms with Crippen LogP contribution in [-0.4, -0.2) is 26.2 Å². The number of benzene rings is 1. The van der Waals surface area contributed by atoms with Crippen molar-refractivity contribution in [2.24, 2.45) is 0 Å². The number of nitrogens with one attached hydrogen (secondary N) is 1. The zero-order valence-corrected chi connectivity index (χ0v) is 11.5. The van der Waals surface area contributed by atoms with Crippen LogP contribution >= 0.6 is 0 Å². The van der Waals surface area contributed by atoms with Crippen LogP contribution in [0.3, 0.4) is 0 Å². The molecule has 1 heterocycles. The molecular weight excluding hydrogens is 208 g/mol. The molecule has 0 spiro atoms. The Balaban J connectivity index is 2.18. The fourth-order valence-corrected chi connectivity index (χ4v) is 3.06. The molecule has 1 aromatic rings. The highest BCUT2D eigenvalue weighted by Crippen LogP contribution is 2.28. The summed E-state index contributed by atoms with van der Waals surface area (Å²) in [6.45, 7) is 9.00. The second kappa shape index (κ2) is 5.09. The van der Waals surface area contributed by atoms with E-state index in [0.29, 0.717) is 6.04 Å². The molecule has 1 aliphatic rings. The highest BCUT2D eigenvalue weighted by Gasteiger charge is 2.20.